The molecule has 1 aromatic carbocycles. The Labute approximate surface area is 83.7 Å². The van der Waals surface area contributed by atoms with Gasteiger partial charge < -0.3 is 0 Å². The summed E-state index contributed by atoms with van der Waals surface area (Å²) in [7, 11) is 1.86. The van der Waals surface area contributed by atoms with E-state index in [-0.39, 0.29) is 0 Å². The average molecular weight is 236 g/mol. The molecule has 2 rings (SSSR count). The molecular weight excluding hydrogens is 230 g/mol. The monoisotopic (exact) mass is 235 g/mol. The number of hydrogen-bond acceptors (Lipinski definition) is 2. The molecule has 0 unspecified atom stereocenters. The lowest BCUT2D eigenvalue weighted by Crippen LogP contribution is -1.89. The molecule has 0 saturated heterocycles. The minimum atomic E-state index is 0.656. The predicted molar refractivity (Wildman–Crippen MR) is 53.1 cm³/mol. The first-order valence-corrected chi connectivity index (χ1v) is 4.54. The lowest BCUT2D eigenvalue weighted by molar-refractivity contribution is 0.788. The molecule has 3 nitrogen and oxygen atoms in total. The summed E-state index contributed by atoms with van der Waals surface area (Å²) in [5.41, 5.74) is 1.62. The number of benzene rings is 1. The first kappa shape index (κ1) is 8.27. The number of rotatable bonds is 0. The lowest BCUT2D eigenvalue weighted by atomic mass is 10.2. The van der Waals surface area contributed by atoms with E-state index in [0.29, 0.717) is 5.56 Å². The molecule has 13 heavy (non-hydrogen) atoms. The summed E-state index contributed by atoms with van der Waals surface area (Å²) < 4.78 is 2.56. The number of aryl methyl sites for hydroxylation is 1. The van der Waals surface area contributed by atoms with Gasteiger partial charge in [-0.15, -0.1) is 0 Å². The summed E-state index contributed by atoms with van der Waals surface area (Å²) in [5.74, 6) is 0. The zero-order chi connectivity index (χ0) is 9.42. The maximum Gasteiger partial charge on any atom is 0.135 e. The van der Waals surface area contributed by atoms with Gasteiger partial charge in [0.1, 0.15) is 4.60 Å². The molecule has 0 N–H and O–H groups in total. The second kappa shape index (κ2) is 2.86. The van der Waals surface area contributed by atoms with Gasteiger partial charge in [0, 0.05) is 12.4 Å². The Morgan fingerprint density at radius 1 is 1.54 bits per heavy atom. The van der Waals surface area contributed by atoms with Gasteiger partial charge in [-0.1, -0.05) is 0 Å². The van der Waals surface area contributed by atoms with Crippen molar-refractivity contribution in [3.8, 4) is 6.07 Å². The van der Waals surface area contributed by atoms with Crippen LogP contribution < -0.4 is 0 Å². The van der Waals surface area contributed by atoms with Crippen molar-refractivity contribution in [1.29, 1.82) is 5.26 Å². The minimum absolute atomic E-state index is 0.656. The molecule has 0 aliphatic carbocycles. The lowest BCUT2D eigenvalue weighted by Gasteiger charge is -1.93. The highest BCUT2D eigenvalue weighted by atomic mass is 79.9. The van der Waals surface area contributed by atoms with Crippen LogP contribution in [-0.4, -0.2) is 9.78 Å². The van der Waals surface area contributed by atoms with Crippen LogP contribution in [0.25, 0.3) is 10.9 Å². The maximum absolute atomic E-state index is 8.70. The van der Waals surface area contributed by atoms with E-state index in [1.54, 1.807) is 10.7 Å². The number of nitrogens with zero attached hydrogens (tertiary/aromatic N) is 3. The summed E-state index contributed by atoms with van der Waals surface area (Å²) in [4.78, 5) is 0. The minimum Gasteiger partial charge on any atom is -0.267 e. The van der Waals surface area contributed by atoms with Crippen molar-refractivity contribution in [2.75, 3.05) is 0 Å². The van der Waals surface area contributed by atoms with Gasteiger partial charge in [-0.05, 0) is 34.1 Å². The number of fused-ring (bicyclic) bond motifs is 1. The van der Waals surface area contributed by atoms with E-state index in [4.69, 9.17) is 5.26 Å². The van der Waals surface area contributed by atoms with E-state index < -0.39 is 0 Å². The highest BCUT2D eigenvalue weighted by molar-refractivity contribution is 9.10. The molecule has 0 aliphatic rings. The summed E-state index contributed by atoms with van der Waals surface area (Å²) in [5, 5.41) is 13.9. The number of hydrogen-bond donors (Lipinski definition) is 0. The van der Waals surface area contributed by atoms with Crippen LogP contribution in [0.5, 0.6) is 0 Å². The number of nitriles is 1. The van der Waals surface area contributed by atoms with Crippen LogP contribution in [0.15, 0.2) is 22.8 Å². The molecule has 1 aromatic heterocycles. The van der Waals surface area contributed by atoms with Crippen molar-refractivity contribution in [1.82, 2.24) is 9.78 Å². The van der Waals surface area contributed by atoms with E-state index in [1.807, 2.05) is 19.2 Å². The number of halogens is 1. The Kier molecular flexibility index (Phi) is 1.82. The largest absolute Gasteiger partial charge is 0.267 e. The van der Waals surface area contributed by atoms with Crippen LogP contribution in [0.1, 0.15) is 5.56 Å². The van der Waals surface area contributed by atoms with Crippen LogP contribution in [0.4, 0.5) is 0 Å². The predicted octanol–water partition coefficient (Wildman–Crippen LogP) is 2.21. The fraction of sp³-hybridized carbons (Fsp3) is 0.111. The topological polar surface area (TPSA) is 41.6 Å². The maximum atomic E-state index is 8.70. The second-order valence-electron chi connectivity index (χ2n) is 2.76. The van der Waals surface area contributed by atoms with E-state index in [1.165, 1.54) is 0 Å². The Hall–Kier alpha value is -1.34. The molecule has 0 bridgehead atoms. The molecule has 0 amide bonds. The Balaban J connectivity index is 2.86. The van der Waals surface area contributed by atoms with Gasteiger partial charge >= 0.3 is 0 Å². The van der Waals surface area contributed by atoms with E-state index in [9.17, 15) is 0 Å². The summed E-state index contributed by atoms with van der Waals surface area (Å²) in [6.45, 7) is 0. The molecule has 0 aliphatic heterocycles. The zero-order valence-electron chi connectivity index (χ0n) is 6.95. The molecule has 1 heterocycles. The average Bonchev–Trinajstić information content (AvgIpc) is 2.42. The van der Waals surface area contributed by atoms with Crippen LogP contribution in [0.2, 0.25) is 0 Å². The van der Waals surface area contributed by atoms with Gasteiger partial charge in [-0.2, -0.15) is 10.4 Å². The van der Waals surface area contributed by atoms with Crippen LogP contribution in [0.3, 0.4) is 0 Å². The second-order valence-corrected chi connectivity index (χ2v) is 3.51. The van der Waals surface area contributed by atoms with Gasteiger partial charge in [-0.25, -0.2) is 0 Å². The number of aromatic nitrogens is 2. The third kappa shape index (κ3) is 1.21. The molecule has 0 spiro atoms. The normalized spacial score (nSPS) is 10.2. The van der Waals surface area contributed by atoms with Gasteiger partial charge in [0.05, 0.1) is 17.1 Å². The fourth-order valence-electron chi connectivity index (χ4n) is 1.28. The van der Waals surface area contributed by atoms with Crippen molar-refractivity contribution >= 4 is 26.8 Å². The molecule has 0 saturated carbocycles. The molecule has 0 fully saturated rings. The highest BCUT2D eigenvalue weighted by Crippen LogP contribution is 2.23. The highest BCUT2D eigenvalue weighted by Gasteiger charge is 2.05. The van der Waals surface area contributed by atoms with Gasteiger partial charge in [0.25, 0.3) is 0 Å². The van der Waals surface area contributed by atoms with E-state index in [2.05, 4.69) is 27.1 Å². The SMILES string of the molecule is Cn1nc(Br)c2ccc(C#N)cc21. The van der Waals surface area contributed by atoms with E-state index >= 15 is 0 Å². The molecule has 2 aromatic rings. The van der Waals surface area contributed by atoms with Gasteiger partial charge in [0.15, 0.2) is 0 Å². The van der Waals surface area contributed by atoms with Gasteiger partial charge in [-0.3, -0.25) is 4.68 Å². The van der Waals surface area contributed by atoms with Gasteiger partial charge in [0.2, 0.25) is 0 Å². The van der Waals surface area contributed by atoms with E-state index in [0.717, 1.165) is 15.5 Å². The smallest absolute Gasteiger partial charge is 0.135 e. The third-order valence-electron chi connectivity index (χ3n) is 1.94. The van der Waals surface area contributed by atoms with Crippen molar-refractivity contribution in [2.24, 2.45) is 7.05 Å². The van der Waals surface area contributed by atoms with Crippen molar-refractivity contribution in [3.05, 3.63) is 28.4 Å². The standard InChI is InChI=1S/C9H6BrN3/c1-13-8-4-6(5-11)2-3-7(8)9(10)12-13/h2-4H,1H3. The summed E-state index contributed by atoms with van der Waals surface area (Å²) >= 11 is 3.35. The Bertz CT molecular complexity index is 507. The first-order valence-electron chi connectivity index (χ1n) is 3.75. The molecule has 64 valence electrons. The van der Waals surface area contributed by atoms with Crippen LogP contribution in [-0.2, 0) is 7.05 Å². The molecule has 0 radical (unpaired) electrons. The van der Waals surface area contributed by atoms with Crippen molar-refractivity contribution < 1.29 is 0 Å². The van der Waals surface area contributed by atoms with Crippen LogP contribution >= 0.6 is 15.9 Å². The van der Waals surface area contributed by atoms with Crippen molar-refractivity contribution in [3.63, 3.8) is 0 Å². The molecule has 4 heteroatoms. The third-order valence-corrected chi connectivity index (χ3v) is 2.52. The molecule has 0 atom stereocenters. The first-order chi connectivity index (χ1) is 6.22. The van der Waals surface area contributed by atoms with Crippen molar-refractivity contribution in [2.45, 2.75) is 0 Å². The quantitative estimate of drug-likeness (QED) is 0.703. The Morgan fingerprint density at radius 2 is 2.31 bits per heavy atom. The fourth-order valence-corrected chi connectivity index (χ4v) is 1.86. The zero-order valence-corrected chi connectivity index (χ0v) is 8.54. The van der Waals surface area contributed by atoms with Crippen LogP contribution in [0, 0.1) is 11.3 Å². The summed E-state index contributed by atoms with van der Waals surface area (Å²) in [6.07, 6.45) is 0. The Morgan fingerprint density at radius 3 is 3.00 bits per heavy atom. The summed E-state index contributed by atoms with van der Waals surface area (Å²) in [6, 6.07) is 7.61. The molecular formula is C9H6BrN3.